The largest absolute Gasteiger partial charge is 0.382 e. The predicted octanol–water partition coefficient (Wildman–Crippen LogP) is 4.80. The average Bonchev–Trinajstić information content (AvgIpc) is 3.14. The summed E-state index contributed by atoms with van der Waals surface area (Å²) in [5.74, 6) is 0.231. The molecule has 0 aliphatic carbocycles. The quantitative estimate of drug-likeness (QED) is 0.253. The van der Waals surface area contributed by atoms with E-state index < -0.39 is 0 Å². The van der Waals surface area contributed by atoms with Crippen LogP contribution in [0.2, 0.25) is 0 Å². The van der Waals surface area contributed by atoms with Crippen molar-refractivity contribution in [3.05, 3.63) is 80.6 Å². The van der Waals surface area contributed by atoms with E-state index in [-0.39, 0.29) is 17.5 Å². The Hall–Kier alpha value is -3.01. The molecule has 1 aliphatic heterocycles. The lowest BCUT2D eigenvalue weighted by Crippen LogP contribution is -2.31. The van der Waals surface area contributed by atoms with Crippen molar-refractivity contribution in [3.63, 3.8) is 0 Å². The van der Waals surface area contributed by atoms with E-state index in [9.17, 15) is 9.59 Å². The fourth-order valence-corrected chi connectivity index (χ4v) is 5.33. The summed E-state index contributed by atoms with van der Waals surface area (Å²) in [4.78, 5) is 33.6. The summed E-state index contributed by atoms with van der Waals surface area (Å²) >= 11 is 6.76. The summed E-state index contributed by atoms with van der Waals surface area (Å²) in [6.45, 7) is 7.67. The number of thiocarbonyl (C=S) groups is 1. The highest BCUT2D eigenvalue weighted by molar-refractivity contribution is 8.26. The molecular formula is C26H28N4O3S2. The molecule has 4 rings (SSSR count). The number of fused-ring (bicyclic) bond motifs is 1. The molecule has 182 valence electrons. The fourth-order valence-electron chi connectivity index (χ4n) is 3.93. The van der Waals surface area contributed by atoms with Gasteiger partial charge >= 0.3 is 0 Å². The molecule has 0 bridgehead atoms. The lowest BCUT2D eigenvalue weighted by atomic mass is 10.1. The molecule has 1 atom stereocenters. The topological polar surface area (TPSA) is 75.9 Å². The van der Waals surface area contributed by atoms with Crippen LogP contribution in [-0.4, -0.2) is 44.3 Å². The van der Waals surface area contributed by atoms with Crippen LogP contribution in [0.25, 0.3) is 11.7 Å². The van der Waals surface area contributed by atoms with Crippen molar-refractivity contribution in [1.29, 1.82) is 0 Å². The van der Waals surface area contributed by atoms with Gasteiger partial charge in [-0.25, -0.2) is 4.98 Å². The number of carbonyl (C=O) groups excluding carboxylic acids is 1. The maximum absolute atomic E-state index is 13.5. The molecule has 3 heterocycles. The average molecular weight is 509 g/mol. The Morgan fingerprint density at radius 2 is 1.97 bits per heavy atom. The minimum absolute atomic E-state index is 0.215. The monoisotopic (exact) mass is 508 g/mol. The molecular weight excluding hydrogens is 480 g/mol. The van der Waals surface area contributed by atoms with Gasteiger partial charge in [0.2, 0.25) is 0 Å². The zero-order chi connectivity index (χ0) is 24.9. The Kier molecular flexibility index (Phi) is 8.00. The van der Waals surface area contributed by atoms with Gasteiger partial charge in [-0.15, -0.1) is 0 Å². The third-order valence-corrected chi connectivity index (χ3v) is 7.14. The first kappa shape index (κ1) is 25.1. The number of hydrogen-bond donors (Lipinski definition) is 1. The summed E-state index contributed by atoms with van der Waals surface area (Å²) < 4.78 is 7.39. The molecule has 1 unspecified atom stereocenters. The van der Waals surface area contributed by atoms with Gasteiger partial charge in [-0.1, -0.05) is 60.4 Å². The number of carbonyl (C=O) groups is 1. The first-order valence-corrected chi connectivity index (χ1v) is 12.8. The first-order valence-electron chi connectivity index (χ1n) is 11.6. The van der Waals surface area contributed by atoms with Gasteiger partial charge in [0.05, 0.1) is 16.5 Å². The number of nitrogens with one attached hydrogen (secondary N) is 1. The summed E-state index contributed by atoms with van der Waals surface area (Å²) in [5.41, 5.74) is 2.54. The van der Waals surface area contributed by atoms with Crippen LogP contribution in [0, 0.1) is 6.92 Å². The molecule has 9 heteroatoms. The number of aryl methyl sites for hydroxylation is 1. The van der Waals surface area contributed by atoms with Crippen LogP contribution in [0.1, 0.15) is 43.0 Å². The number of aromatic nitrogens is 2. The van der Waals surface area contributed by atoms with Crippen LogP contribution in [0.5, 0.6) is 0 Å². The van der Waals surface area contributed by atoms with Gasteiger partial charge in [0.15, 0.2) is 0 Å². The maximum atomic E-state index is 13.5. The molecule has 1 aliphatic rings. The molecule has 1 aromatic carbocycles. The van der Waals surface area contributed by atoms with E-state index in [4.69, 9.17) is 21.9 Å². The van der Waals surface area contributed by atoms with Crippen molar-refractivity contribution in [3.8, 4) is 0 Å². The number of benzene rings is 1. The van der Waals surface area contributed by atoms with E-state index in [2.05, 4.69) is 5.32 Å². The lowest BCUT2D eigenvalue weighted by Gasteiger charge is -2.23. The molecule has 1 fully saturated rings. The van der Waals surface area contributed by atoms with Gasteiger partial charge < -0.3 is 10.1 Å². The van der Waals surface area contributed by atoms with E-state index in [0.29, 0.717) is 46.0 Å². The van der Waals surface area contributed by atoms with Gasteiger partial charge in [-0.2, -0.15) is 0 Å². The zero-order valence-electron chi connectivity index (χ0n) is 20.0. The Balaban J connectivity index is 1.71. The highest BCUT2D eigenvalue weighted by Crippen LogP contribution is 2.38. The molecule has 1 N–H and O–H groups in total. The van der Waals surface area contributed by atoms with Crippen molar-refractivity contribution in [2.45, 2.75) is 33.2 Å². The Morgan fingerprint density at radius 3 is 2.71 bits per heavy atom. The number of ether oxygens (including phenoxy) is 1. The number of rotatable bonds is 9. The molecule has 0 radical (unpaired) electrons. The van der Waals surface area contributed by atoms with E-state index in [0.717, 1.165) is 17.5 Å². The molecule has 2 aromatic heterocycles. The first-order chi connectivity index (χ1) is 16.9. The zero-order valence-corrected chi connectivity index (χ0v) is 21.6. The Labute approximate surface area is 214 Å². The Morgan fingerprint density at radius 1 is 1.20 bits per heavy atom. The lowest BCUT2D eigenvalue weighted by molar-refractivity contribution is -0.123. The minimum atomic E-state index is -0.243. The maximum Gasteiger partial charge on any atom is 0.267 e. The van der Waals surface area contributed by atoms with Crippen LogP contribution < -0.4 is 10.9 Å². The standard InChI is InChI=1S/C26H28N4O3S2/c1-4-33-15-9-13-27-22-20(24(31)29-14-8-10-17(2)23(29)28-22)16-21-25(32)30(26(34)35-21)18(3)19-11-6-5-7-12-19/h5-8,10-12,14,16,18,27H,4,9,13,15H2,1-3H3/b21-16-. The predicted molar refractivity (Wildman–Crippen MR) is 146 cm³/mol. The molecule has 35 heavy (non-hydrogen) atoms. The summed E-state index contributed by atoms with van der Waals surface area (Å²) in [7, 11) is 0. The van der Waals surface area contributed by atoms with Crippen molar-refractivity contribution in [1.82, 2.24) is 14.3 Å². The molecule has 7 nitrogen and oxygen atoms in total. The van der Waals surface area contributed by atoms with Gasteiger partial charge in [0, 0.05) is 26.0 Å². The highest BCUT2D eigenvalue weighted by atomic mass is 32.2. The summed E-state index contributed by atoms with van der Waals surface area (Å²) in [5, 5.41) is 3.28. The van der Waals surface area contributed by atoms with Crippen LogP contribution in [0.15, 0.2) is 58.4 Å². The third-order valence-electron chi connectivity index (χ3n) is 5.81. The summed E-state index contributed by atoms with van der Waals surface area (Å²) in [6, 6.07) is 13.3. The third kappa shape index (κ3) is 5.32. The molecule has 0 saturated carbocycles. The van der Waals surface area contributed by atoms with Crippen molar-refractivity contribution < 1.29 is 9.53 Å². The Bertz CT molecular complexity index is 1340. The number of hydrogen-bond acceptors (Lipinski definition) is 7. The molecule has 1 saturated heterocycles. The van der Waals surface area contributed by atoms with Gasteiger partial charge in [0.1, 0.15) is 15.8 Å². The van der Waals surface area contributed by atoms with Crippen molar-refractivity contribution >= 4 is 51.7 Å². The van der Waals surface area contributed by atoms with Gasteiger partial charge in [-0.3, -0.25) is 18.9 Å². The molecule has 0 spiro atoms. The fraction of sp³-hybridized carbons (Fsp3) is 0.308. The van der Waals surface area contributed by atoms with Crippen LogP contribution in [-0.2, 0) is 9.53 Å². The van der Waals surface area contributed by atoms with E-state index in [1.807, 2.05) is 63.2 Å². The summed E-state index contributed by atoms with van der Waals surface area (Å²) in [6.07, 6.45) is 4.07. The number of pyridine rings is 1. The number of nitrogens with zero attached hydrogens (tertiary/aromatic N) is 3. The number of amides is 1. The SMILES string of the molecule is CCOCCCNc1nc2c(C)cccn2c(=O)c1/C=C1\SC(=S)N(C(C)c2ccccc2)C1=O. The van der Waals surface area contributed by atoms with E-state index >= 15 is 0 Å². The van der Waals surface area contributed by atoms with Gasteiger partial charge in [-0.05, 0) is 50.5 Å². The second-order valence-electron chi connectivity index (χ2n) is 8.18. The minimum Gasteiger partial charge on any atom is -0.382 e. The number of thioether (sulfide) groups is 1. The van der Waals surface area contributed by atoms with E-state index in [1.54, 1.807) is 17.2 Å². The molecule has 1 amide bonds. The highest BCUT2D eigenvalue weighted by Gasteiger charge is 2.36. The second kappa shape index (κ2) is 11.2. The molecule has 3 aromatic rings. The van der Waals surface area contributed by atoms with Gasteiger partial charge in [0.25, 0.3) is 11.5 Å². The van der Waals surface area contributed by atoms with Crippen molar-refractivity contribution in [2.75, 3.05) is 25.1 Å². The second-order valence-corrected chi connectivity index (χ2v) is 9.86. The van der Waals surface area contributed by atoms with E-state index in [1.165, 1.54) is 16.2 Å². The van der Waals surface area contributed by atoms with Crippen molar-refractivity contribution in [2.24, 2.45) is 0 Å². The van der Waals surface area contributed by atoms with Crippen LogP contribution >= 0.6 is 24.0 Å². The smallest absolute Gasteiger partial charge is 0.267 e. The number of anilines is 1. The van der Waals surface area contributed by atoms with Crippen LogP contribution in [0.3, 0.4) is 0 Å². The van der Waals surface area contributed by atoms with Crippen LogP contribution in [0.4, 0.5) is 5.82 Å². The normalized spacial score (nSPS) is 15.9.